The fourth-order valence-electron chi connectivity index (χ4n) is 5.43. The van der Waals surface area contributed by atoms with E-state index >= 15 is 0 Å². The van der Waals surface area contributed by atoms with Crippen LogP contribution in [-0.2, 0) is 4.79 Å². The lowest BCUT2D eigenvalue weighted by molar-refractivity contribution is -0.125. The number of benzene rings is 3. The van der Waals surface area contributed by atoms with Crippen LogP contribution in [0.1, 0.15) is 33.6 Å². The Labute approximate surface area is 231 Å². The Morgan fingerprint density at radius 2 is 1.79 bits per heavy atom. The summed E-state index contributed by atoms with van der Waals surface area (Å²) in [5.74, 6) is 0.446. The highest BCUT2D eigenvalue weighted by atomic mass is 32.2. The molecule has 2 unspecified atom stereocenters. The Balaban J connectivity index is 1.14. The molecule has 1 saturated heterocycles. The molecule has 0 spiro atoms. The van der Waals surface area contributed by atoms with Gasteiger partial charge in [0.15, 0.2) is 11.5 Å². The number of carbonyl (C=O) groups is 3. The first-order chi connectivity index (χ1) is 19.0. The largest absolute Gasteiger partial charge is 0.486 e. The van der Waals surface area contributed by atoms with Gasteiger partial charge in [0, 0.05) is 18.0 Å². The van der Waals surface area contributed by atoms with E-state index in [-0.39, 0.29) is 29.7 Å². The molecule has 0 bridgehead atoms. The number of amides is 3. The summed E-state index contributed by atoms with van der Waals surface area (Å²) in [6.45, 7) is 1.90. The molecule has 0 aromatic heterocycles. The van der Waals surface area contributed by atoms with Gasteiger partial charge in [0.2, 0.25) is 5.91 Å². The molecule has 39 heavy (non-hydrogen) atoms. The van der Waals surface area contributed by atoms with Crippen molar-refractivity contribution in [1.29, 1.82) is 0 Å². The minimum absolute atomic E-state index is 0.0485. The van der Waals surface area contributed by atoms with Crippen LogP contribution < -0.4 is 24.6 Å². The fraction of sp³-hybridized carbons (Fsp3) is 0.300. The third kappa shape index (κ3) is 4.83. The summed E-state index contributed by atoms with van der Waals surface area (Å²) >= 11 is 1.60. The van der Waals surface area contributed by atoms with Crippen LogP contribution in [0, 0.1) is 5.92 Å². The molecule has 3 aromatic rings. The maximum absolute atomic E-state index is 13.6. The van der Waals surface area contributed by atoms with Crippen molar-refractivity contribution in [2.24, 2.45) is 5.92 Å². The van der Waals surface area contributed by atoms with Gasteiger partial charge in [-0.2, -0.15) is 0 Å². The highest BCUT2D eigenvalue weighted by Gasteiger charge is 2.40. The number of nitrogens with zero attached hydrogens (tertiary/aromatic N) is 2. The van der Waals surface area contributed by atoms with Crippen LogP contribution in [0.4, 0.5) is 11.4 Å². The zero-order chi connectivity index (χ0) is 26.9. The van der Waals surface area contributed by atoms with E-state index in [0.29, 0.717) is 60.2 Å². The first kappa shape index (κ1) is 25.3. The number of imide groups is 1. The number of thioether (sulfide) groups is 1. The van der Waals surface area contributed by atoms with Crippen molar-refractivity contribution in [1.82, 2.24) is 5.32 Å². The number of rotatable bonds is 6. The van der Waals surface area contributed by atoms with Crippen LogP contribution in [0.15, 0.2) is 71.6 Å². The van der Waals surface area contributed by atoms with E-state index < -0.39 is 0 Å². The molecule has 0 saturated carbocycles. The number of hydrogen-bond acceptors (Lipinski definition) is 7. The Bertz CT molecular complexity index is 1430. The van der Waals surface area contributed by atoms with Crippen LogP contribution in [0.3, 0.4) is 0 Å². The first-order valence-corrected chi connectivity index (χ1v) is 14.3. The van der Waals surface area contributed by atoms with E-state index in [1.165, 1.54) is 4.90 Å². The van der Waals surface area contributed by atoms with Gasteiger partial charge in [-0.1, -0.05) is 18.2 Å². The number of hydrogen-bond donors (Lipinski definition) is 1. The molecule has 1 fully saturated rings. The van der Waals surface area contributed by atoms with Crippen LogP contribution in [0.2, 0.25) is 0 Å². The van der Waals surface area contributed by atoms with Crippen molar-refractivity contribution in [3.05, 3.63) is 77.9 Å². The smallest absolute Gasteiger partial charge is 0.268 e. The van der Waals surface area contributed by atoms with Crippen molar-refractivity contribution in [3.8, 4) is 11.5 Å². The number of carbonyl (C=O) groups excluding carboxylic acids is 3. The topological polar surface area (TPSA) is 88.2 Å². The third-order valence-corrected chi connectivity index (χ3v) is 8.17. The molecule has 6 rings (SSSR count). The number of anilines is 2. The maximum Gasteiger partial charge on any atom is 0.268 e. The normalized spacial score (nSPS) is 20.1. The Hall–Kier alpha value is -3.98. The molecule has 1 N–H and O–H groups in total. The van der Waals surface area contributed by atoms with Gasteiger partial charge in [0.1, 0.15) is 12.7 Å². The zero-order valence-corrected chi connectivity index (χ0v) is 22.4. The van der Waals surface area contributed by atoms with Crippen molar-refractivity contribution in [3.63, 3.8) is 0 Å². The van der Waals surface area contributed by atoms with Crippen LogP contribution in [0.25, 0.3) is 0 Å². The second kappa shape index (κ2) is 10.6. The van der Waals surface area contributed by atoms with Gasteiger partial charge in [0.25, 0.3) is 11.8 Å². The molecule has 0 radical (unpaired) electrons. The lowest BCUT2D eigenvalue weighted by atomic mass is 9.95. The molecular formula is C30H29N3O5S. The average Bonchev–Trinajstić information content (AvgIpc) is 3.25. The van der Waals surface area contributed by atoms with E-state index in [1.54, 1.807) is 30.0 Å². The van der Waals surface area contributed by atoms with Gasteiger partial charge >= 0.3 is 0 Å². The predicted molar refractivity (Wildman–Crippen MR) is 150 cm³/mol. The first-order valence-electron chi connectivity index (χ1n) is 13.1. The number of nitrogens with one attached hydrogen (secondary N) is 1. The molecule has 0 aliphatic carbocycles. The van der Waals surface area contributed by atoms with Gasteiger partial charge in [-0.3, -0.25) is 14.4 Å². The summed E-state index contributed by atoms with van der Waals surface area (Å²) in [5, 5.41) is 3.03. The molecule has 3 aliphatic rings. The maximum atomic E-state index is 13.6. The number of fused-ring (bicyclic) bond motifs is 2. The average molecular weight is 544 g/mol. The SMILES string of the molecule is CSc1ccc(N2C(=O)c3cccc(N4CCCC(C(=O)NCC5COc6ccccc6O5)C4)c3C2=O)cc1. The molecule has 3 heterocycles. The predicted octanol–water partition coefficient (Wildman–Crippen LogP) is 4.38. The highest BCUT2D eigenvalue weighted by molar-refractivity contribution is 7.98. The molecule has 200 valence electrons. The van der Waals surface area contributed by atoms with Gasteiger partial charge in [-0.25, -0.2) is 4.90 Å². The monoisotopic (exact) mass is 543 g/mol. The van der Waals surface area contributed by atoms with Crippen LogP contribution in [-0.4, -0.2) is 56.3 Å². The number of ether oxygens (including phenoxy) is 2. The van der Waals surface area contributed by atoms with E-state index in [4.69, 9.17) is 9.47 Å². The lowest BCUT2D eigenvalue weighted by Crippen LogP contribution is -2.47. The highest BCUT2D eigenvalue weighted by Crippen LogP contribution is 2.37. The number of piperidine rings is 1. The van der Waals surface area contributed by atoms with E-state index in [0.717, 1.165) is 17.7 Å². The third-order valence-electron chi connectivity index (χ3n) is 7.43. The zero-order valence-electron chi connectivity index (χ0n) is 21.6. The minimum atomic E-state index is -0.330. The van der Waals surface area contributed by atoms with Gasteiger partial charge in [-0.05, 0) is 67.6 Å². The second-order valence-electron chi connectivity index (χ2n) is 9.87. The van der Waals surface area contributed by atoms with Crippen molar-refractivity contribution in [2.45, 2.75) is 23.8 Å². The summed E-state index contributed by atoms with van der Waals surface area (Å²) in [4.78, 5) is 44.4. The summed E-state index contributed by atoms with van der Waals surface area (Å²) in [6.07, 6.45) is 3.27. The Kier molecular flexibility index (Phi) is 6.91. The van der Waals surface area contributed by atoms with Crippen LogP contribution in [0.5, 0.6) is 11.5 Å². The molecule has 3 aromatic carbocycles. The van der Waals surface area contributed by atoms with E-state index in [9.17, 15) is 14.4 Å². The van der Waals surface area contributed by atoms with E-state index in [2.05, 4.69) is 10.2 Å². The lowest BCUT2D eigenvalue weighted by Gasteiger charge is -2.35. The summed E-state index contributed by atoms with van der Waals surface area (Å²) in [7, 11) is 0. The molecule has 8 nitrogen and oxygen atoms in total. The van der Waals surface area contributed by atoms with Crippen molar-refractivity contribution in [2.75, 3.05) is 42.3 Å². The van der Waals surface area contributed by atoms with Crippen LogP contribution >= 0.6 is 11.8 Å². The summed E-state index contributed by atoms with van der Waals surface area (Å²) < 4.78 is 11.7. The Morgan fingerprint density at radius 3 is 2.59 bits per heavy atom. The van der Waals surface area contributed by atoms with Crippen molar-refractivity contribution < 1.29 is 23.9 Å². The minimum Gasteiger partial charge on any atom is -0.486 e. The molecule has 2 atom stereocenters. The molecular weight excluding hydrogens is 514 g/mol. The molecule has 9 heteroatoms. The Morgan fingerprint density at radius 1 is 1.00 bits per heavy atom. The molecule has 3 aliphatic heterocycles. The summed E-state index contributed by atoms with van der Waals surface area (Å²) in [6, 6.07) is 20.3. The van der Waals surface area contributed by atoms with Crippen molar-refractivity contribution >= 4 is 40.9 Å². The summed E-state index contributed by atoms with van der Waals surface area (Å²) in [5.41, 5.74) is 2.06. The van der Waals surface area contributed by atoms with Gasteiger partial charge in [0.05, 0.1) is 35.0 Å². The quantitative estimate of drug-likeness (QED) is 0.365. The number of para-hydroxylation sites is 2. The second-order valence-corrected chi connectivity index (χ2v) is 10.8. The fourth-order valence-corrected chi connectivity index (χ4v) is 5.84. The van der Waals surface area contributed by atoms with Gasteiger partial charge < -0.3 is 19.7 Å². The molecule has 3 amide bonds. The van der Waals surface area contributed by atoms with E-state index in [1.807, 2.05) is 54.8 Å². The van der Waals surface area contributed by atoms with Gasteiger partial charge in [-0.15, -0.1) is 11.8 Å². The standard InChI is InChI=1S/C30H29N3O5S/c1-39-22-13-11-20(12-14-22)33-29(35)23-7-4-8-24(27(23)30(33)36)32-15-5-6-19(17-32)28(34)31-16-21-18-37-25-9-2-3-10-26(25)38-21/h2-4,7-14,19,21H,5-6,15-18H2,1H3,(H,31,34).